The maximum Gasteiger partial charge on any atom is 0.297 e. The summed E-state index contributed by atoms with van der Waals surface area (Å²) in [5, 5.41) is 0. The molecule has 0 aromatic heterocycles. The van der Waals surface area contributed by atoms with Gasteiger partial charge in [0, 0.05) is 0 Å². The number of aryl methyl sites for hydroxylation is 3. The molecule has 0 saturated carbocycles. The first-order valence-corrected chi connectivity index (χ1v) is 17.4. The Hall–Kier alpha value is -2.61. The van der Waals surface area contributed by atoms with Crippen LogP contribution in [0.2, 0.25) is 0 Å². The minimum absolute atomic E-state index is 0.00977. The van der Waals surface area contributed by atoms with Crippen molar-refractivity contribution in [3.05, 3.63) is 89.5 Å². The van der Waals surface area contributed by atoms with Gasteiger partial charge in [0.2, 0.25) is 0 Å². The van der Waals surface area contributed by atoms with E-state index < -0.39 is 43.1 Å². The summed E-state index contributed by atoms with van der Waals surface area (Å²) in [5.74, 6) is 0. The Labute approximate surface area is 243 Å². The largest absolute Gasteiger partial charge is 0.297 e. The molecule has 0 aliphatic rings. The van der Waals surface area contributed by atoms with E-state index in [0.717, 1.165) is 16.7 Å². The van der Waals surface area contributed by atoms with Crippen LogP contribution in [0.25, 0.3) is 0 Å². The van der Waals surface area contributed by atoms with Gasteiger partial charge < -0.3 is 0 Å². The van der Waals surface area contributed by atoms with Gasteiger partial charge in [0.25, 0.3) is 30.4 Å². The number of hydrogen-bond acceptors (Lipinski definition) is 9. The summed E-state index contributed by atoms with van der Waals surface area (Å²) in [6.07, 6.45) is 1.34. The lowest BCUT2D eigenvalue weighted by Crippen LogP contribution is -2.26. The first-order chi connectivity index (χ1) is 19.3. The predicted molar refractivity (Wildman–Crippen MR) is 155 cm³/mol. The summed E-state index contributed by atoms with van der Waals surface area (Å²) in [7, 11) is -12.1. The molecule has 9 nitrogen and oxygen atoms in total. The van der Waals surface area contributed by atoms with Crippen molar-refractivity contribution in [1.82, 2.24) is 0 Å². The molecule has 0 N–H and O–H groups in total. The first kappa shape index (κ1) is 32.9. The van der Waals surface area contributed by atoms with Crippen LogP contribution in [0.15, 0.2) is 87.5 Å². The van der Waals surface area contributed by atoms with E-state index in [-0.39, 0.29) is 27.7 Å². The summed E-state index contributed by atoms with van der Waals surface area (Å²) in [6, 6.07) is 18.7. The normalized spacial score (nSPS) is 13.2. The molecule has 224 valence electrons. The molecule has 12 heteroatoms. The lowest BCUT2D eigenvalue weighted by molar-refractivity contribution is 0.127. The SMILES string of the molecule is Cc1ccc(S(=O)(=O)OCCCCCCC(COS(=O)(=O)c2ccc(C)cc2)OS(=O)(=O)c2ccc(C)cc2)cc1. The standard InChI is InChI=1S/C29H36O9S3/c1-23-9-15-27(16-10-23)39(30,31)36-21-7-5-4-6-8-26(38-41(34,35)29-19-13-25(3)14-20-29)22-37-40(32,33)28-17-11-24(2)12-18-28/h9-20,26H,4-8,21-22H2,1-3H3. The molecule has 3 rings (SSSR count). The highest BCUT2D eigenvalue weighted by Crippen LogP contribution is 2.21. The van der Waals surface area contributed by atoms with E-state index in [4.69, 9.17) is 12.5 Å². The van der Waals surface area contributed by atoms with Crippen molar-refractivity contribution in [3.8, 4) is 0 Å². The zero-order valence-electron chi connectivity index (χ0n) is 23.4. The van der Waals surface area contributed by atoms with E-state index in [0.29, 0.717) is 25.7 Å². The van der Waals surface area contributed by atoms with E-state index in [2.05, 4.69) is 0 Å². The first-order valence-electron chi connectivity index (χ1n) is 13.2. The molecule has 1 atom stereocenters. The van der Waals surface area contributed by atoms with Crippen LogP contribution in [-0.2, 0) is 42.9 Å². The molecule has 0 spiro atoms. The van der Waals surface area contributed by atoms with Gasteiger partial charge in [0.1, 0.15) is 6.10 Å². The van der Waals surface area contributed by atoms with Gasteiger partial charge in [-0.15, -0.1) is 0 Å². The molecular formula is C29H36O9S3. The second-order valence-electron chi connectivity index (χ2n) is 9.83. The molecule has 0 fully saturated rings. The average molecular weight is 625 g/mol. The average Bonchev–Trinajstić information content (AvgIpc) is 2.91. The zero-order chi connectivity index (χ0) is 30.1. The molecule has 0 saturated heterocycles. The van der Waals surface area contributed by atoms with Crippen molar-refractivity contribution in [1.29, 1.82) is 0 Å². The van der Waals surface area contributed by atoms with Crippen molar-refractivity contribution in [2.75, 3.05) is 13.2 Å². The minimum atomic E-state index is -4.17. The molecule has 3 aromatic rings. The third kappa shape index (κ3) is 10.3. The smallest absolute Gasteiger partial charge is 0.266 e. The summed E-state index contributed by atoms with van der Waals surface area (Å²) in [5.41, 5.74) is 2.70. The zero-order valence-corrected chi connectivity index (χ0v) is 25.8. The fraction of sp³-hybridized carbons (Fsp3) is 0.379. The molecule has 0 amide bonds. The Morgan fingerprint density at radius 1 is 0.512 bits per heavy atom. The van der Waals surface area contributed by atoms with Crippen LogP contribution >= 0.6 is 0 Å². The third-order valence-corrected chi connectivity index (χ3v) is 10.3. The Morgan fingerprint density at radius 3 is 1.37 bits per heavy atom. The van der Waals surface area contributed by atoms with E-state index in [1.165, 1.54) is 36.4 Å². The van der Waals surface area contributed by atoms with E-state index in [1.807, 2.05) is 20.8 Å². The van der Waals surface area contributed by atoms with Gasteiger partial charge >= 0.3 is 0 Å². The number of benzene rings is 3. The predicted octanol–water partition coefficient (Wildman–Crippen LogP) is 5.45. The summed E-state index contributed by atoms with van der Waals surface area (Å²) < 4.78 is 91.5. The van der Waals surface area contributed by atoms with Crippen LogP contribution in [0.3, 0.4) is 0 Å². The molecule has 0 aliphatic carbocycles. The van der Waals surface area contributed by atoms with Gasteiger partial charge in [0.15, 0.2) is 0 Å². The molecule has 41 heavy (non-hydrogen) atoms. The van der Waals surface area contributed by atoms with Crippen molar-refractivity contribution in [3.63, 3.8) is 0 Å². The van der Waals surface area contributed by atoms with Gasteiger partial charge in [-0.1, -0.05) is 72.4 Å². The van der Waals surface area contributed by atoms with Crippen LogP contribution in [0.1, 0.15) is 48.8 Å². The van der Waals surface area contributed by atoms with Crippen molar-refractivity contribution < 1.29 is 37.8 Å². The Balaban J connectivity index is 1.55. The highest BCUT2D eigenvalue weighted by Gasteiger charge is 2.25. The van der Waals surface area contributed by atoms with E-state index in [1.54, 1.807) is 36.4 Å². The monoisotopic (exact) mass is 624 g/mol. The van der Waals surface area contributed by atoms with Gasteiger partial charge in [0.05, 0.1) is 27.9 Å². The van der Waals surface area contributed by atoms with Crippen LogP contribution in [0.5, 0.6) is 0 Å². The molecule has 0 aliphatic heterocycles. The Kier molecular flexibility index (Phi) is 11.7. The van der Waals surface area contributed by atoms with Gasteiger partial charge in [-0.3, -0.25) is 12.5 Å². The lowest BCUT2D eigenvalue weighted by Gasteiger charge is -2.18. The molecule has 3 aromatic carbocycles. The quantitative estimate of drug-likeness (QED) is 0.151. The van der Waals surface area contributed by atoms with Crippen molar-refractivity contribution in [2.24, 2.45) is 0 Å². The topological polar surface area (TPSA) is 130 Å². The molecule has 0 bridgehead atoms. The van der Waals surface area contributed by atoms with Gasteiger partial charge in [-0.25, -0.2) is 0 Å². The van der Waals surface area contributed by atoms with Crippen molar-refractivity contribution >= 4 is 30.4 Å². The van der Waals surface area contributed by atoms with Gasteiger partial charge in [-0.2, -0.15) is 25.3 Å². The Morgan fingerprint density at radius 2 is 0.902 bits per heavy atom. The second kappa shape index (κ2) is 14.5. The van der Waals surface area contributed by atoms with Crippen LogP contribution in [0.4, 0.5) is 0 Å². The van der Waals surface area contributed by atoms with E-state index in [9.17, 15) is 25.3 Å². The maximum atomic E-state index is 12.9. The van der Waals surface area contributed by atoms with Crippen LogP contribution in [0, 0.1) is 20.8 Å². The van der Waals surface area contributed by atoms with Crippen LogP contribution < -0.4 is 0 Å². The molecule has 1 unspecified atom stereocenters. The maximum absolute atomic E-state index is 12.9. The highest BCUT2D eigenvalue weighted by molar-refractivity contribution is 7.87. The van der Waals surface area contributed by atoms with Crippen molar-refractivity contribution in [2.45, 2.75) is 73.7 Å². The summed E-state index contributed by atoms with van der Waals surface area (Å²) >= 11 is 0. The summed E-state index contributed by atoms with van der Waals surface area (Å²) in [6.45, 7) is 5.04. The fourth-order valence-corrected chi connectivity index (χ4v) is 6.78. The lowest BCUT2D eigenvalue weighted by atomic mass is 10.1. The molecule has 0 radical (unpaired) electrons. The Bertz CT molecular complexity index is 1580. The third-order valence-electron chi connectivity index (χ3n) is 6.26. The number of rotatable bonds is 16. The molecular weight excluding hydrogens is 589 g/mol. The molecule has 0 heterocycles. The number of unbranched alkanes of at least 4 members (excludes halogenated alkanes) is 3. The minimum Gasteiger partial charge on any atom is -0.266 e. The number of hydrogen-bond donors (Lipinski definition) is 0. The summed E-state index contributed by atoms with van der Waals surface area (Å²) in [4.78, 5) is 0.0173. The van der Waals surface area contributed by atoms with Crippen LogP contribution in [-0.4, -0.2) is 44.6 Å². The van der Waals surface area contributed by atoms with Gasteiger partial charge in [-0.05, 0) is 70.0 Å². The van der Waals surface area contributed by atoms with E-state index >= 15 is 0 Å². The second-order valence-corrected chi connectivity index (χ2v) is 14.6. The fourth-order valence-electron chi connectivity index (χ4n) is 3.81. The highest BCUT2D eigenvalue weighted by atomic mass is 32.2.